The van der Waals surface area contributed by atoms with Crippen molar-refractivity contribution in [2.75, 3.05) is 31.1 Å². The number of H-pyrrole nitrogens is 1. The van der Waals surface area contributed by atoms with E-state index in [2.05, 4.69) is 9.88 Å². The van der Waals surface area contributed by atoms with Gasteiger partial charge in [0.1, 0.15) is 6.04 Å². The lowest BCUT2D eigenvalue weighted by atomic mass is 10.0. The highest BCUT2D eigenvalue weighted by Gasteiger charge is 2.32. The van der Waals surface area contributed by atoms with E-state index >= 15 is 0 Å². The van der Waals surface area contributed by atoms with Crippen LogP contribution in [0.3, 0.4) is 0 Å². The number of hydrogen-bond donors (Lipinski definition) is 2. The molecule has 2 N–H and O–H groups in total. The van der Waals surface area contributed by atoms with Gasteiger partial charge in [-0.05, 0) is 32.0 Å². The van der Waals surface area contributed by atoms with Crippen LogP contribution in [-0.4, -0.2) is 47.9 Å². The van der Waals surface area contributed by atoms with Gasteiger partial charge in [0.15, 0.2) is 0 Å². The van der Waals surface area contributed by atoms with Crippen LogP contribution in [0.5, 0.6) is 0 Å². The van der Waals surface area contributed by atoms with Crippen LogP contribution in [0.25, 0.3) is 10.9 Å². The van der Waals surface area contributed by atoms with E-state index in [1.165, 1.54) is 4.90 Å². The van der Waals surface area contributed by atoms with E-state index in [0.717, 1.165) is 54.0 Å². The molecule has 7 nitrogen and oxygen atoms in total. The van der Waals surface area contributed by atoms with Crippen LogP contribution in [0.4, 0.5) is 11.4 Å². The van der Waals surface area contributed by atoms with Gasteiger partial charge in [-0.1, -0.05) is 18.2 Å². The zero-order valence-corrected chi connectivity index (χ0v) is 16.6. The zero-order valence-electron chi connectivity index (χ0n) is 16.6. The molecule has 1 saturated heterocycles. The first-order valence-electron chi connectivity index (χ1n) is 9.91. The van der Waals surface area contributed by atoms with Crippen molar-refractivity contribution in [3.05, 3.63) is 69.9 Å². The average Bonchev–Trinajstić information content (AvgIpc) is 3.08. The second-order valence-corrected chi connectivity index (χ2v) is 7.68. The number of benzene rings is 2. The molecule has 150 valence electrons. The number of ketones is 1. The van der Waals surface area contributed by atoms with Gasteiger partial charge in [0.2, 0.25) is 5.78 Å². The first-order valence-corrected chi connectivity index (χ1v) is 9.91. The van der Waals surface area contributed by atoms with Crippen LogP contribution in [0.2, 0.25) is 0 Å². The number of fused-ring (bicyclic) bond motifs is 1. The molecular formula is C22H25N4O3+. The number of aromatic amines is 1. The van der Waals surface area contributed by atoms with E-state index in [0.29, 0.717) is 0 Å². The molecule has 0 radical (unpaired) electrons. The van der Waals surface area contributed by atoms with Crippen molar-refractivity contribution in [1.82, 2.24) is 4.98 Å². The quantitative estimate of drug-likeness (QED) is 0.396. The van der Waals surface area contributed by atoms with E-state index < -0.39 is 0 Å². The predicted molar refractivity (Wildman–Crippen MR) is 113 cm³/mol. The number of nitrogens with zero attached hydrogens (tertiary/aromatic N) is 2. The number of non-ortho nitro benzene ring substituents is 1. The number of para-hydroxylation sites is 1. The number of carbonyl (C=O) groups excluding carboxylic acids is 1. The maximum absolute atomic E-state index is 13.3. The Kier molecular flexibility index (Phi) is 5.07. The summed E-state index contributed by atoms with van der Waals surface area (Å²) in [5.74, 6) is 0.179. The first-order chi connectivity index (χ1) is 14.0. The van der Waals surface area contributed by atoms with Gasteiger partial charge >= 0.3 is 0 Å². The normalized spacial score (nSPS) is 16.1. The SMILES string of the molecule is Cc1[nH]c2ccccc2c1C(=O)[C@@H](C)[NH+]1CCN(c2ccc([N+](=O)[O-])cc2)CC1. The van der Waals surface area contributed by atoms with Gasteiger partial charge in [-0.2, -0.15) is 0 Å². The number of nitrogens with one attached hydrogen (secondary N) is 2. The summed E-state index contributed by atoms with van der Waals surface area (Å²) in [6.07, 6.45) is 0. The maximum Gasteiger partial charge on any atom is 0.269 e. The number of piperazine rings is 1. The Bertz CT molecular complexity index is 1050. The highest BCUT2D eigenvalue weighted by Crippen LogP contribution is 2.23. The molecule has 2 aromatic carbocycles. The minimum atomic E-state index is -0.383. The summed E-state index contributed by atoms with van der Waals surface area (Å²) in [6.45, 7) is 7.31. The molecule has 7 heteroatoms. The molecule has 4 rings (SSSR count). The molecule has 1 aliphatic rings. The molecule has 2 heterocycles. The summed E-state index contributed by atoms with van der Waals surface area (Å²) in [7, 11) is 0. The first kappa shape index (κ1) is 19.1. The topological polar surface area (TPSA) is 83.7 Å². The van der Waals surface area contributed by atoms with Crippen LogP contribution in [-0.2, 0) is 0 Å². The zero-order chi connectivity index (χ0) is 20.5. The highest BCUT2D eigenvalue weighted by molar-refractivity contribution is 6.10. The number of quaternary nitrogens is 1. The third-order valence-corrected chi connectivity index (χ3v) is 5.98. The lowest BCUT2D eigenvalue weighted by Gasteiger charge is -2.36. The Hall–Kier alpha value is -3.19. The van der Waals surface area contributed by atoms with Gasteiger partial charge in [0.25, 0.3) is 5.69 Å². The smallest absolute Gasteiger partial charge is 0.269 e. The number of hydrogen-bond acceptors (Lipinski definition) is 4. The van der Waals surface area contributed by atoms with Crippen molar-refractivity contribution < 1.29 is 14.6 Å². The summed E-state index contributed by atoms with van der Waals surface area (Å²) in [4.78, 5) is 30.5. The fourth-order valence-corrected chi connectivity index (χ4v) is 4.27. The minimum absolute atomic E-state index is 0.103. The summed E-state index contributed by atoms with van der Waals surface area (Å²) >= 11 is 0. The Labute approximate surface area is 169 Å². The second-order valence-electron chi connectivity index (χ2n) is 7.68. The van der Waals surface area contributed by atoms with Gasteiger partial charge in [0.05, 0.1) is 36.7 Å². The summed E-state index contributed by atoms with van der Waals surface area (Å²) in [5, 5.41) is 11.8. The van der Waals surface area contributed by atoms with Crippen LogP contribution in [0.1, 0.15) is 23.0 Å². The standard InChI is InChI=1S/C22H24N4O3/c1-15-21(19-5-3-4-6-20(19)23-15)22(27)16(2)24-11-13-25(14-12-24)17-7-9-18(10-8-17)26(28)29/h3-10,16,23H,11-14H2,1-2H3/p+1/t16-/m1/s1. The van der Waals surface area contributed by atoms with Gasteiger partial charge < -0.3 is 14.8 Å². The van der Waals surface area contributed by atoms with Crippen LogP contribution < -0.4 is 9.80 Å². The number of carbonyl (C=O) groups is 1. The number of nitro groups is 1. The number of anilines is 1. The lowest BCUT2D eigenvalue weighted by Crippen LogP contribution is -3.18. The third-order valence-electron chi connectivity index (χ3n) is 5.98. The number of aromatic nitrogens is 1. The second kappa shape index (κ2) is 7.67. The van der Waals surface area contributed by atoms with E-state index in [1.807, 2.05) is 38.1 Å². The molecule has 0 saturated carbocycles. The third kappa shape index (κ3) is 3.61. The van der Waals surface area contributed by atoms with Crippen molar-refractivity contribution in [3.8, 4) is 0 Å². The van der Waals surface area contributed by atoms with Crippen LogP contribution in [0.15, 0.2) is 48.5 Å². The van der Waals surface area contributed by atoms with Gasteiger partial charge in [0, 0.05) is 34.4 Å². The van der Waals surface area contributed by atoms with E-state index in [4.69, 9.17) is 0 Å². The number of Topliss-reactive ketones (excluding diaryl/α,β-unsaturated/α-hetero) is 1. The lowest BCUT2D eigenvalue weighted by molar-refractivity contribution is -0.914. The maximum atomic E-state index is 13.3. The van der Waals surface area contributed by atoms with Crippen molar-refractivity contribution >= 4 is 28.1 Å². The fourth-order valence-electron chi connectivity index (χ4n) is 4.27. The van der Waals surface area contributed by atoms with Crippen LogP contribution >= 0.6 is 0 Å². The number of nitro benzene ring substituents is 1. The Morgan fingerprint density at radius 1 is 1.14 bits per heavy atom. The van der Waals surface area contributed by atoms with Crippen molar-refractivity contribution in [2.45, 2.75) is 19.9 Å². The average molecular weight is 393 g/mol. The highest BCUT2D eigenvalue weighted by atomic mass is 16.6. The monoisotopic (exact) mass is 393 g/mol. The van der Waals surface area contributed by atoms with Gasteiger partial charge in [-0.25, -0.2) is 0 Å². The minimum Gasteiger partial charge on any atom is -0.360 e. The molecule has 0 aliphatic carbocycles. The fraction of sp³-hybridized carbons (Fsp3) is 0.318. The molecule has 1 aliphatic heterocycles. The molecule has 29 heavy (non-hydrogen) atoms. The van der Waals surface area contributed by atoms with E-state index in [1.54, 1.807) is 24.3 Å². The van der Waals surface area contributed by atoms with Crippen molar-refractivity contribution in [1.29, 1.82) is 0 Å². The van der Waals surface area contributed by atoms with Gasteiger partial charge in [-0.15, -0.1) is 0 Å². The van der Waals surface area contributed by atoms with Crippen LogP contribution in [0, 0.1) is 17.0 Å². The molecule has 1 atom stereocenters. The Morgan fingerprint density at radius 2 is 1.79 bits per heavy atom. The molecule has 0 amide bonds. The largest absolute Gasteiger partial charge is 0.360 e. The molecule has 0 spiro atoms. The molecule has 1 fully saturated rings. The summed E-state index contributed by atoms with van der Waals surface area (Å²) in [5.41, 5.74) is 3.82. The Morgan fingerprint density at radius 3 is 2.45 bits per heavy atom. The van der Waals surface area contributed by atoms with Crippen molar-refractivity contribution in [2.24, 2.45) is 0 Å². The Balaban J connectivity index is 1.44. The van der Waals surface area contributed by atoms with Gasteiger partial charge in [-0.3, -0.25) is 14.9 Å². The molecule has 0 unspecified atom stereocenters. The number of aryl methyl sites for hydroxylation is 1. The predicted octanol–water partition coefficient (Wildman–Crippen LogP) is 2.36. The van der Waals surface area contributed by atoms with E-state index in [9.17, 15) is 14.9 Å². The van der Waals surface area contributed by atoms with Crippen molar-refractivity contribution in [3.63, 3.8) is 0 Å². The molecule has 1 aromatic heterocycles. The summed E-state index contributed by atoms with van der Waals surface area (Å²) in [6, 6.07) is 14.5. The summed E-state index contributed by atoms with van der Waals surface area (Å²) < 4.78 is 0. The molecular weight excluding hydrogens is 368 g/mol. The van der Waals surface area contributed by atoms with E-state index in [-0.39, 0.29) is 22.4 Å². The molecule has 0 bridgehead atoms. The number of rotatable bonds is 5. The molecule has 3 aromatic rings.